The highest BCUT2D eigenvalue weighted by Crippen LogP contribution is 2.26. The van der Waals surface area contributed by atoms with Crippen LogP contribution in [0.2, 0.25) is 0 Å². The van der Waals surface area contributed by atoms with Gasteiger partial charge in [-0.3, -0.25) is 9.79 Å². The van der Waals surface area contributed by atoms with Crippen LogP contribution in [0.4, 0.5) is 5.69 Å². The smallest absolute Gasteiger partial charge is 0.251 e. The third-order valence-electron chi connectivity index (χ3n) is 5.68. The maximum atomic E-state index is 11.8. The van der Waals surface area contributed by atoms with Gasteiger partial charge in [-0.15, -0.1) is 0 Å². The summed E-state index contributed by atoms with van der Waals surface area (Å²) >= 11 is 0. The van der Waals surface area contributed by atoms with Crippen molar-refractivity contribution < 1.29 is 9.53 Å². The average molecular weight is 438 g/mol. The molecule has 1 atom stereocenters. The number of nitrogens with one attached hydrogen (secondary N) is 3. The molecular weight excluding hydrogens is 402 g/mol. The van der Waals surface area contributed by atoms with E-state index in [0.29, 0.717) is 11.5 Å². The number of benzene rings is 2. The van der Waals surface area contributed by atoms with E-state index in [-0.39, 0.29) is 5.91 Å². The molecule has 1 aliphatic rings. The van der Waals surface area contributed by atoms with E-state index in [4.69, 9.17) is 9.73 Å². The Kier molecular flexibility index (Phi) is 8.78. The van der Waals surface area contributed by atoms with Crippen molar-refractivity contribution in [1.29, 1.82) is 0 Å². The van der Waals surface area contributed by atoms with Crippen molar-refractivity contribution >= 4 is 17.6 Å². The lowest BCUT2D eigenvalue weighted by Gasteiger charge is -2.19. The summed E-state index contributed by atoms with van der Waals surface area (Å²) in [4.78, 5) is 19.1. The fraction of sp³-hybridized carbons (Fsp3) is 0.440. The van der Waals surface area contributed by atoms with E-state index in [1.54, 1.807) is 14.2 Å². The Morgan fingerprint density at radius 2 is 2.03 bits per heavy atom. The minimum atomic E-state index is -0.0609. The molecule has 1 saturated heterocycles. The number of nitrogens with zero attached hydrogens (tertiary/aromatic N) is 2. The molecular formula is C25H35N5O2. The van der Waals surface area contributed by atoms with Crippen LogP contribution in [0, 0.1) is 5.92 Å². The number of carbonyl (C=O) groups is 1. The van der Waals surface area contributed by atoms with Crippen molar-refractivity contribution in [3.8, 4) is 5.75 Å². The Morgan fingerprint density at radius 1 is 1.19 bits per heavy atom. The highest BCUT2D eigenvalue weighted by atomic mass is 16.5. The quantitative estimate of drug-likeness (QED) is 0.415. The molecule has 0 saturated carbocycles. The molecule has 172 valence electrons. The first-order chi connectivity index (χ1) is 15.6. The molecule has 0 radical (unpaired) electrons. The number of hydrogen-bond donors (Lipinski definition) is 3. The summed E-state index contributed by atoms with van der Waals surface area (Å²) < 4.78 is 5.36. The number of carbonyl (C=O) groups excluding carboxylic acids is 1. The molecule has 1 fully saturated rings. The van der Waals surface area contributed by atoms with E-state index < -0.39 is 0 Å². The number of hydrogen-bond acceptors (Lipinski definition) is 4. The second-order valence-corrected chi connectivity index (χ2v) is 7.98. The summed E-state index contributed by atoms with van der Waals surface area (Å²) in [7, 11) is 3.35. The largest absolute Gasteiger partial charge is 0.497 e. The molecule has 7 nitrogen and oxygen atoms in total. The van der Waals surface area contributed by atoms with Crippen LogP contribution in [0.25, 0.3) is 0 Å². The van der Waals surface area contributed by atoms with Crippen LogP contribution < -0.4 is 25.6 Å². The highest BCUT2D eigenvalue weighted by molar-refractivity contribution is 5.94. The second-order valence-electron chi connectivity index (χ2n) is 7.98. The molecule has 1 heterocycles. The summed E-state index contributed by atoms with van der Waals surface area (Å²) in [5.41, 5.74) is 3.02. The first-order valence-electron chi connectivity index (χ1n) is 11.3. The number of rotatable bonds is 9. The van der Waals surface area contributed by atoms with Gasteiger partial charge in [0.05, 0.1) is 7.11 Å². The Balaban J connectivity index is 1.50. The predicted molar refractivity (Wildman–Crippen MR) is 131 cm³/mol. The van der Waals surface area contributed by atoms with Gasteiger partial charge in [0.2, 0.25) is 0 Å². The summed E-state index contributed by atoms with van der Waals surface area (Å²) in [5, 5.41) is 9.42. The molecule has 0 bridgehead atoms. The number of anilines is 1. The lowest BCUT2D eigenvalue weighted by molar-refractivity contribution is 0.0963. The van der Waals surface area contributed by atoms with E-state index >= 15 is 0 Å². The van der Waals surface area contributed by atoms with E-state index in [2.05, 4.69) is 39.9 Å². The number of methoxy groups -OCH3 is 1. The standard InChI is InChI=1S/C25H35N5O2/c1-4-27-25(28-13-11-19-7-5-8-21(15-19)24(31)26-2)29-17-20-12-14-30(18-20)22-9-6-10-23(16-22)32-3/h5-10,15-16,20H,4,11-14,17-18H2,1-3H3,(H,26,31)(H2,27,28,29). The maximum absolute atomic E-state index is 11.8. The monoisotopic (exact) mass is 437 g/mol. The van der Waals surface area contributed by atoms with Crippen LogP contribution in [0.5, 0.6) is 5.75 Å². The van der Waals surface area contributed by atoms with E-state index in [1.807, 2.05) is 36.4 Å². The summed E-state index contributed by atoms with van der Waals surface area (Å²) in [6, 6.07) is 16.0. The van der Waals surface area contributed by atoms with Crippen LogP contribution in [-0.4, -0.2) is 58.7 Å². The van der Waals surface area contributed by atoms with Gasteiger partial charge in [0, 0.05) is 57.1 Å². The van der Waals surface area contributed by atoms with Gasteiger partial charge in [-0.05, 0) is 55.5 Å². The molecule has 2 aromatic rings. The lowest BCUT2D eigenvalue weighted by Crippen LogP contribution is -2.38. The molecule has 1 unspecified atom stereocenters. The lowest BCUT2D eigenvalue weighted by atomic mass is 10.1. The zero-order valence-electron chi connectivity index (χ0n) is 19.4. The van der Waals surface area contributed by atoms with Gasteiger partial charge in [0.25, 0.3) is 5.91 Å². The zero-order valence-corrected chi connectivity index (χ0v) is 19.4. The van der Waals surface area contributed by atoms with Crippen molar-refractivity contribution in [3.05, 3.63) is 59.7 Å². The Bertz CT molecular complexity index is 915. The number of aliphatic imine (C=N–C) groups is 1. The van der Waals surface area contributed by atoms with Crippen LogP contribution in [0.1, 0.15) is 29.3 Å². The third-order valence-corrected chi connectivity index (χ3v) is 5.68. The molecule has 3 rings (SSSR count). The number of ether oxygens (including phenoxy) is 1. The van der Waals surface area contributed by atoms with Gasteiger partial charge in [0.15, 0.2) is 5.96 Å². The van der Waals surface area contributed by atoms with Crippen LogP contribution in [-0.2, 0) is 6.42 Å². The van der Waals surface area contributed by atoms with Gasteiger partial charge in [-0.2, -0.15) is 0 Å². The van der Waals surface area contributed by atoms with E-state index in [0.717, 1.165) is 62.8 Å². The molecule has 3 N–H and O–H groups in total. The third kappa shape index (κ3) is 6.64. The van der Waals surface area contributed by atoms with Gasteiger partial charge in [-0.25, -0.2) is 0 Å². The van der Waals surface area contributed by atoms with Gasteiger partial charge >= 0.3 is 0 Å². The molecule has 0 spiro atoms. The summed E-state index contributed by atoms with van der Waals surface area (Å²) in [5.74, 6) is 2.20. The van der Waals surface area contributed by atoms with Crippen molar-refractivity contribution in [3.63, 3.8) is 0 Å². The first kappa shape index (κ1) is 23.4. The molecule has 32 heavy (non-hydrogen) atoms. The molecule has 1 aliphatic heterocycles. The predicted octanol–water partition coefficient (Wildman–Crippen LogP) is 2.68. The normalized spacial score (nSPS) is 16.0. The van der Waals surface area contributed by atoms with Crippen LogP contribution >= 0.6 is 0 Å². The highest BCUT2D eigenvalue weighted by Gasteiger charge is 2.22. The zero-order chi connectivity index (χ0) is 22.8. The topological polar surface area (TPSA) is 78.0 Å². The van der Waals surface area contributed by atoms with Gasteiger partial charge < -0.3 is 25.6 Å². The van der Waals surface area contributed by atoms with Crippen molar-refractivity contribution in [2.75, 3.05) is 51.8 Å². The van der Waals surface area contributed by atoms with Crippen molar-refractivity contribution in [2.45, 2.75) is 19.8 Å². The number of amides is 1. The SMILES string of the molecule is CCNC(=NCC1CCN(c2cccc(OC)c2)C1)NCCc1cccc(C(=O)NC)c1. The molecule has 1 amide bonds. The summed E-state index contributed by atoms with van der Waals surface area (Å²) in [6.45, 7) is 6.48. The van der Waals surface area contributed by atoms with E-state index in [1.165, 1.54) is 5.69 Å². The average Bonchev–Trinajstić information content (AvgIpc) is 3.31. The fourth-order valence-corrected chi connectivity index (χ4v) is 3.92. The Morgan fingerprint density at radius 3 is 2.81 bits per heavy atom. The van der Waals surface area contributed by atoms with E-state index in [9.17, 15) is 4.79 Å². The maximum Gasteiger partial charge on any atom is 0.251 e. The molecule has 0 aromatic heterocycles. The van der Waals surface area contributed by atoms with Crippen LogP contribution in [0.15, 0.2) is 53.5 Å². The van der Waals surface area contributed by atoms with Crippen LogP contribution in [0.3, 0.4) is 0 Å². The second kappa shape index (κ2) is 12.0. The molecule has 7 heteroatoms. The molecule has 2 aromatic carbocycles. The minimum Gasteiger partial charge on any atom is -0.497 e. The molecule has 0 aliphatic carbocycles. The van der Waals surface area contributed by atoms with Crippen molar-refractivity contribution in [2.24, 2.45) is 10.9 Å². The Labute approximate surface area is 191 Å². The minimum absolute atomic E-state index is 0.0609. The fourth-order valence-electron chi connectivity index (χ4n) is 3.92. The Hall–Kier alpha value is -3.22. The summed E-state index contributed by atoms with van der Waals surface area (Å²) in [6.07, 6.45) is 1.95. The van der Waals surface area contributed by atoms with Gasteiger partial charge in [-0.1, -0.05) is 18.2 Å². The van der Waals surface area contributed by atoms with Crippen molar-refractivity contribution in [1.82, 2.24) is 16.0 Å². The van der Waals surface area contributed by atoms with Gasteiger partial charge in [0.1, 0.15) is 5.75 Å². The number of guanidine groups is 1. The first-order valence-corrected chi connectivity index (χ1v) is 11.3.